The summed E-state index contributed by atoms with van der Waals surface area (Å²) in [5.41, 5.74) is 0. The van der Waals surface area contributed by atoms with Crippen LogP contribution in [-0.2, 0) is 4.74 Å². The summed E-state index contributed by atoms with van der Waals surface area (Å²) in [4.78, 5) is 2.36. The summed E-state index contributed by atoms with van der Waals surface area (Å²) in [5.74, 6) is 1.60. The summed E-state index contributed by atoms with van der Waals surface area (Å²) >= 11 is 0. The number of ether oxygens (including phenoxy) is 1. The van der Waals surface area contributed by atoms with E-state index in [1.165, 1.54) is 25.8 Å². The second kappa shape index (κ2) is 12.4. The summed E-state index contributed by atoms with van der Waals surface area (Å²) in [7, 11) is 2.18. The molecule has 0 bridgehead atoms. The zero-order valence-corrected chi connectivity index (χ0v) is 12.0. The van der Waals surface area contributed by atoms with Crippen LogP contribution in [0.15, 0.2) is 0 Å². The topological polar surface area (TPSA) is 12.5 Å². The zero-order valence-electron chi connectivity index (χ0n) is 12.0. The Balaban J connectivity index is 0. The molecular weight excluding hydrogens is 210 g/mol. The van der Waals surface area contributed by atoms with Gasteiger partial charge in [0.1, 0.15) is 0 Å². The van der Waals surface area contributed by atoms with Crippen molar-refractivity contribution < 1.29 is 4.74 Å². The van der Waals surface area contributed by atoms with Crippen LogP contribution in [-0.4, -0.2) is 38.3 Å². The lowest BCUT2D eigenvalue weighted by molar-refractivity contribution is 0.105. The van der Waals surface area contributed by atoms with Gasteiger partial charge in [-0.3, -0.25) is 0 Å². The third-order valence-electron chi connectivity index (χ3n) is 2.78. The minimum atomic E-state index is 0. The molecule has 0 spiro atoms. The monoisotopic (exact) mass is 245 g/mol. The Hall–Kier alpha value is -0.0800. The van der Waals surface area contributed by atoms with Gasteiger partial charge in [-0.05, 0) is 44.7 Å². The van der Waals surface area contributed by atoms with Gasteiger partial charge in [0, 0.05) is 13.2 Å². The van der Waals surface area contributed by atoms with Gasteiger partial charge in [0.2, 0.25) is 0 Å². The Morgan fingerprint density at radius 1 is 0.882 bits per heavy atom. The molecule has 0 rings (SSSR count). The molecule has 0 aromatic rings. The fourth-order valence-electron chi connectivity index (χ4n) is 1.51. The fraction of sp³-hybridized carbons (Fsp3) is 1.00. The number of rotatable bonds is 10. The van der Waals surface area contributed by atoms with E-state index in [-0.39, 0.29) is 7.43 Å². The lowest BCUT2D eigenvalue weighted by atomic mass is 10.1. The summed E-state index contributed by atoms with van der Waals surface area (Å²) < 4.78 is 5.62. The van der Waals surface area contributed by atoms with Crippen LogP contribution in [0, 0.1) is 11.8 Å². The van der Waals surface area contributed by atoms with E-state index in [9.17, 15) is 0 Å². The van der Waals surface area contributed by atoms with Gasteiger partial charge in [0.15, 0.2) is 0 Å². The summed E-state index contributed by atoms with van der Waals surface area (Å²) in [6, 6.07) is 0. The van der Waals surface area contributed by atoms with E-state index in [0.717, 1.165) is 31.6 Å². The van der Waals surface area contributed by atoms with E-state index in [1.54, 1.807) is 0 Å². The molecule has 106 valence electrons. The van der Waals surface area contributed by atoms with Crippen LogP contribution in [0.4, 0.5) is 0 Å². The van der Waals surface area contributed by atoms with Gasteiger partial charge in [0.25, 0.3) is 0 Å². The first-order valence-electron chi connectivity index (χ1n) is 6.78. The molecule has 0 aromatic carbocycles. The van der Waals surface area contributed by atoms with Crippen LogP contribution in [0.2, 0.25) is 0 Å². The lowest BCUT2D eigenvalue weighted by Gasteiger charge is -2.17. The molecule has 17 heavy (non-hydrogen) atoms. The van der Waals surface area contributed by atoms with Gasteiger partial charge in [-0.15, -0.1) is 0 Å². The van der Waals surface area contributed by atoms with Gasteiger partial charge in [-0.1, -0.05) is 35.1 Å². The Morgan fingerprint density at radius 3 is 2.00 bits per heavy atom. The van der Waals surface area contributed by atoms with E-state index in [0.29, 0.717) is 0 Å². The minimum Gasteiger partial charge on any atom is -0.380 e. The van der Waals surface area contributed by atoms with E-state index < -0.39 is 0 Å². The maximum absolute atomic E-state index is 5.62. The van der Waals surface area contributed by atoms with Crippen molar-refractivity contribution in [3.05, 3.63) is 0 Å². The van der Waals surface area contributed by atoms with E-state index in [4.69, 9.17) is 4.74 Å². The first-order valence-corrected chi connectivity index (χ1v) is 6.78. The van der Waals surface area contributed by atoms with Crippen LogP contribution in [0.3, 0.4) is 0 Å². The average molecular weight is 245 g/mol. The number of likely N-dealkylation sites (N-methyl/N-ethyl adjacent to an activating group) is 1. The van der Waals surface area contributed by atoms with Crippen molar-refractivity contribution >= 4 is 0 Å². The summed E-state index contributed by atoms with van der Waals surface area (Å²) in [5, 5.41) is 0. The summed E-state index contributed by atoms with van der Waals surface area (Å²) in [6.07, 6.45) is 3.76. The van der Waals surface area contributed by atoms with Crippen LogP contribution >= 0.6 is 0 Å². The molecule has 0 fully saturated rings. The van der Waals surface area contributed by atoms with E-state index in [1.807, 2.05) is 0 Å². The van der Waals surface area contributed by atoms with Gasteiger partial charge >= 0.3 is 0 Å². The van der Waals surface area contributed by atoms with Gasteiger partial charge in [-0.25, -0.2) is 0 Å². The predicted octanol–water partition coefficient (Wildman–Crippen LogP) is 4.05. The highest BCUT2D eigenvalue weighted by atomic mass is 16.5. The minimum absolute atomic E-state index is 0. The van der Waals surface area contributed by atoms with Crippen molar-refractivity contribution in [3.63, 3.8) is 0 Å². The van der Waals surface area contributed by atoms with Gasteiger partial charge in [0.05, 0.1) is 6.61 Å². The van der Waals surface area contributed by atoms with Crippen molar-refractivity contribution in [1.29, 1.82) is 0 Å². The maximum atomic E-state index is 5.62. The highest BCUT2D eigenvalue weighted by molar-refractivity contribution is 4.53. The SMILES string of the molecule is C.CC(C)CCCOCCN(C)CCC(C)C. The van der Waals surface area contributed by atoms with Crippen LogP contribution in [0.5, 0.6) is 0 Å². The molecule has 0 saturated heterocycles. The molecule has 0 aliphatic rings. The molecule has 2 heteroatoms. The molecule has 0 unspecified atom stereocenters. The standard InChI is InChI=1S/C14H31NO.CH4/c1-13(2)7-6-11-16-12-10-15(5)9-8-14(3)4;/h13-14H,6-12H2,1-5H3;1H4. The van der Waals surface area contributed by atoms with Crippen LogP contribution in [0.25, 0.3) is 0 Å². The average Bonchev–Trinajstić information content (AvgIpc) is 2.19. The normalized spacial score (nSPS) is 11.3. The quantitative estimate of drug-likeness (QED) is 0.538. The first kappa shape index (κ1) is 19.3. The van der Waals surface area contributed by atoms with Crippen LogP contribution in [0.1, 0.15) is 54.4 Å². The molecule has 0 aromatic heterocycles. The number of hydrogen-bond acceptors (Lipinski definition) is 2. The molecule has 0 radical (unpaired) electrons. The third kappa shape index (κ3) is 15.9. The molecule has 0 aliphatic heterocycles. The number of nitrogens with zero attached hydrogens (tertiary/aromatic N) is 1. The second-order valence-electron chi connectivity index (χ2n) is 5.63. The van der Waals surface area contributed by atoms with Crippen molar-refractivity contribution in [3.8, 4) is 0 Å². The molecule has 2 nitrogen and oxygen atoms in total. The Kier molecular flexibility index (Phi) is 14.0. The van der Waals surface area contributed by atoms with Gasteiger partial charge < -0.3 is 9.64 Å². The predicted molar refractivity (Wildman–Crippen MR) is 78.6 cm³/mol. The van der Waals surface area contributed by atoms with Gasteiger partial charge in [-0.2, -0.15) is 0 Å². The van der Waals surface area contributed by atoms with Crippen molar-refractivity contribution in [2.45, 2.75) is 54.4 Å². The Bertz CT molecular complexity index is 146. The van der Waals surface area contributed by atoms with Crippen LogP contribution < -0.4 is 0 Å². The number of hydrogen-bond donors (Lipinski definition) is 0. The van der Waals surface area contributed by atoms with E-state index in [2.05, 4.69) is 39.6 Å². The largest absolute Gasteiger partial charge is 0.380 e. The molecule has 0 heterocycles. The second-order valence-corrected chi connectivity index (χ2v) is 5.63. The Morgan fingerprint density at radius 2 is 1.47 bits per heavy atom. The smallest absolute Gasteiger partial charge is 0.0593 e. The Labute approximate surface area is 110 Å². The fourth-order valence-corrected chi connectivity index (χ4v) is 1.51. The zero-order chi connectivity index (χ0) is 12.4. The molecular formula is C15H35NO. The molecule has 0 saturated carbocycles. The first-order chi connectivity index (χ1) is 7.52. The third-order valence-corrected chi connectivity index (χ3v) is 2.78. The van der Waals surface area contributed by atoms with Crippen molar-refractivity contribution in [2.24, 2.45) is 11.8 Å². The molecule has 0 N–H and O–H groups in total. The molecule has 0 aliphatic carbocycles. The van der Waals surface area contributed by atoms with E-state index >= 15 is 0 Å². The van der Waals surface area contributed by atoms with Crippen molar-refractivity contribution in [2.75, 3.05) is 33.4 Å². The highest BCUT2D eigenvalue weighted by Gasteiger charge is 2.00. The highest BCUT2D eigenvalue weighted by Crippen LogP contribution is 2.03. The maximum Gasteiger partial charge on any atom is 0.0593 e. The van der Waals surface area contributed by atoms with Crippen molar-refractivity contribution in [1.82, 2.24) is 4.90 Å². The summed E-state index contributed by atoms with van der Waals surface area (Å²) in [6.45, 7) is 13.1. The molecule has 0 amide bonds. The molecule has 0 atom stereocenters. The lowest BCUT2D eigenvalue weighted by Crippen LogP contribution is -2.25.